The van der Waals surface area contributed by atoms with Crippen LogP contribution < -0.4 is 4.74 Å². The second kappa shape index (κ2) is 6.98. The Bertz CT molecular complexity index is 814. The molecular weight excluding hydrogens is 371 g/mol. The predicted molar refractivity (Wildman–Crippen MR) is 103 cm³/mol. The summed E-state index contributed by atoms with van der Waals surface area (Å²) in [6.07, 6.45) is 0.925. The van der Waals surface area contributed by atoms with Gasteiger partial charge < -0.3 is 9.84 Å². The molecule has 3 atom stereocenters. The summed E-state index contributed by atoms with van der Waals surface area (Å²) in [5, 5.41) is 10.2. The van der Waals surface area contributed by atoms with E-state index in [1.165, 1.54) is 0 Å². The van der Waals surface area contributed by atoms with Crippen molar-refractivity contribution in [2.75, 3.05) is 0 Å². The number of benzene rings is 2. The zero-order valence-corrected chi connectivity index (χ0v) is 16.0. The summed E-state index contributed by atoms with van der Waals surface area (Å²) in [6, 6.07) is 18.7. The molecule has 2 aromatic rings. The molecule has 0 spiro atoms. The fraction of sp³-hybridized carbons (Fsp3) is 0.286. The van der Waals surface area contributed by atoms with Gasteiger partial charge in [0.15, 0.2) is 0 Å². The molecule has 0 heterocycles. The molecule has 1 fully saturated rings. The molecule has 0 bridgehead atoms. The Labute approximate surface area is 163 Å². The molecule has 1 N–H and O–H groups in total. The third-order valence-corrected chi connectivity index (χ3v) is 5.66. The molecule has 1 aliphatic rings. The minimum Gasteiger partial charge on any atom is -0.484 e. The van der Waals surface area contributed by atoms with Crippen LogP contribution in [0.4, 0.5) is 0 Å². The van der Waals surface area contributed by atoms with E-state index in [0.29, 0.717) is 5.75 Å². The Hall–Kier alpha value is -1.97. The molecule has 0 radical (unpaired) electrons. The second-order valence-electron chi connectivity index (χ2n) is 7.05. The van der Waals surface area contributed by atoms with E-state index in [2.05, 4.69) is 0 Å². The zero-order valence-electron chi connectivity index (χ0n) is 14.5. The van der Waals surface area contributed by atoms with Gasteiger partial charge in [0.2, 0.25) is 0 Å². The third kappa shape index (κ3) is 3.00. The SMILES string of the molecule is CC1(C)C(C=C(Cl)Cl)C1(C(=O)O)C(Oc1ccccc1)c1ccccc1. The van der Waals surface area contributed by atoms with Crippen LogP contribution in [0.3, 0.4) is 0 Å². The van der Waals surface area contributed by atoms with Crippen LogP contribution in [0.15, 0.2) is 71.2 Å². The molecule has 2 aromatic carbocycles. The van der Waals surface area contributed by atoms with E-state index in [1.807, 2.05) is 74.5 Å². The molecule has 26 heavy (non-hydrogen) atoms. The van der Waals surface area contributed by atoms with Crippen LogP contribution in [0.5, 0.6) is 5.75 Å². The minimum absolute atomic E-state index is 0.0673. The first kappa shape index (κ1) is 18.8. The topological polar surface area (TPSA) is 46.5 Å². The van der Waals surface area contributed by atoms with E-state index in [9.17, 15) is 9.90 Å². The normalized spacial score (nSPS) is 24.4. The highest BCUT2D eigenvalue weighted by atomic mass is 35.5. The van der Waals surface area contributed by atoms with Crippen molar-refractivity contribution in [1.82, 2.24) is 0 Å². The maximum absolute atomic E-state index is 12.5. The lowest BCUT2D eigenvalue weighted by Gasteiger charge is -2.28. The van der Waals surface area contributed by atoms with Gasteiger partial charge in [-0.2, -0.15) is 0 Å². The molecular formula is C21H20Cl2O3. The van der Waals surface area contributed by atoms with Crippen LogP contribution in [0.25, 0.3) is 0 Å². The number of halogens is 2. The van der Waals surface area contributed by atoms with Crippen molar-refractivity contribution >= 4 is 29.2 Å². The number of carboxylic acids is 1. The monoisotopic (exact) mass is 390 g/mol. The summed E-state index contributed by atoms with van der Waals surface area (Å²) in [5.41, 5.74) is -0.962. The van der Waals surface area contributed by atoms with Gasteiger partial charge in [0.05, 0.1) is 0 Å². The van der Waals surface area contributed by atoms with E-state index in [0.717, 1.165) is 5.56 Å². The second-order valence-corrected chi connectivity index (χ2v) is 8.06. The first-order valence-electron chi connectivity index (χ1n) is 8.34. The summed E-state index contributed by atoms with van der Waals surface area (Å²) >= 11 is 11.8. The number of hydrogen-bond donors (Lipinski definition) is 1. The van der Waals surface area contributed by atoms with E-state index in [1.54, 1.807) is 6.08 Å². The molecule has 0 aromatic heterocycles. The van der Waals surface area contributed by atoms with Gasteiger partial charge in [0, 0.05) is 5.92 Å². The highest BCUT2D eigenvalue weighted by Crippen LogP contribution is 2.75. The standard InChI is InChI=1S/C21H20Cl2O3/c1-20(2)16(13-17(22)23)21(20,19(24)25)18(14-9-5-3-6-10-14)26-15-11-7-4-8-12-15/h3-13,16,18H,1-2H3,(H,24,25). The zero-order chi connectivity index (χ0) is 18.9. The highest BCUT2D eigenvalue weighted by Gasteiger charge is 2.79. The Kier molecular flexibility index (Phi) is 5.05. The first-order valence-corrected chi connectivity index (χ1v) is 9.10. The summed E-state index contributed by atoms with van der Waals surface area (Å²) in [5.74, 6) is -0.668. The maximum Gasteiger partial charge on any atom is 0.315 e. The molecule has 136 valence electrons. The summed E-state index contributed by atoms with van der Waals surface area (Å²) in [6.45, 7) is 3.81. The smallest absolute Gasteiger partial charge is 0.315 e. The molecule has 3 rings (SSSR count). The Morgan fingerprint density at radius 3 is 2.12 bits per heavy atom. The van der Waals surface area contributed by atoms with Crippen molar-refractivity contribution in [1.29, 1.82) is 0 Å². The van der Waals surface area contributed by atoms with E-state index < -0.39 is 22.9 Å². The average molecular weight is 391 g/mol. The predicted octanol–water partition coefficient (Wildman–Crippen LogP) is 5.85. The number of carboxylic acid groups (broad SMARTS) is 1. The van der Waals surface area contributed by atoms with Gasteiger partial charge in [-0.25, -0.2) is 0 Å². The molecule has 5 heteroatoms. The number of rotatable bonds is 6. The Morgan fingerprint density at radius 1 is 1.08 bits per heavy atom. The van der Waals surface area contributed by atoms with Crippen molar-refractivity contribution in [2.24, 2.45) is 16.7 Å². The highest BCUT2D eigenvalue weighted by molar-refractivity contribution is 6.55. The summed E-state index contributed by atoms with van der Waals surface area (Å²) < 4.78 is 6.31. The van der Waals surface area contributed by atoms with Crippen molar-refractivity contribution in [3.8, 4) is 5.75 Å². The van der Waals surface area contributed by atoms with Crippen LogP contribution in [0.1, 0.15) is 25.5 Å². The minimum atomic E-state index is -1.18. The van der Waals surface area contributed by atoms with Crippen LogP contribution >= 0.6 is 23.2 Å². The van der Waals surface area contributed by atoms with Crippen molar-refractivity contribution in [3.05, 3.63) is 76.8 Å². The van der Waals surface area contributed by atoms with E-state index in [4.69, 9.17) is 27.9 Å². The number of para-hydroxylation sites is 1. The van der Waals surface area contributed by atoms with Gasteiger partial charge in [-0.05, 0) is 29.2 Å². The van der Waals surface area contributed by atoms with Gasteiger partial charge in [-0.3, -0.25) is 4.79 Å². The largest absolute Gasteiger partial charge is 0.484 e. The fourth-order valence-electron chi connectivity index (χ4n) is 4.01. The molecule has 3 nitrogen and oxygen atoms in total. The quantitative estimate of drug-likeness (QED) is 0.672. The molecule has 0 aliphatic heterocycles. The van der Waals surface area contributed by atoms with Crippen LogP contribution in [0.2, 0.25) is 0 Å². The lowest BCUT2D eigenvalue weighted by molar-refractivity contribution is -0.150. The van der Waals surface area contributed by atoms with E-state index in [-0.39, 0.29) is 10.4 Å². The lowest BCUT2D eigenvalue weighted by Crippen LogP contribution is -2.33. The van der Waals surface area contributed by atoms with Gasteiger partial charge in [-0.1, -0.05) is 85.6 Å². The van der Waals surface area contributed by atoms with Crippen molar-refractivity contribution in [2.45, 2.75) is 20.0 Å². The van der Waals surface area contributed by atoms with E-state index >= 15 is 0 Å². The number of aliphatic carboxylic acids is 1. The number of ether oxygens (including phenoxy) is 1. The number of carbonyl (C=O) groups is 1. The average Bonchev–Trinajstić information content (AvgIpc) is 3.09. The van der Waals surface area contributed by atoms with Gasteiger partial charge in [0.25, 0.3) is 0 Å². The van der Waals surface area contributed by atoms with Crippen molar-refractivity contribution < 1.29 is 14.6 Å². The Morgan fingerprint density at radius 2 is 1.62 bits per heavy atom. The molecule has 0 amide bonds. The summed E-state index contributed by atoms with van der Waals surface area (Å²) in [4.78, 5) is 12.5. The first-order chi connectivity index (χ1) is 12.3. The summed E-state index contributed by atoms with van der Waals surface area (Å²) in [7, 11) is 0. The third-order valence-electron chi connectivity index (χ3n) is 5.41. The van der Waals surface area contributed by atoms with Gasteiger partial charge in [0.1, 0.15) is 21.8 Å². The fourth-order valence-corrected chi connectivity index (χ4v) is 4.26. The lowest BCUT2D eigenvalue weighted by atomic mass is 9.85. The molecule has 0 saturated heterocycles. The van der Waals surface area contributed by atoms with Crippen LogP contribution in [-0.2, 0) is 4.79 Å². The van der Waals surface area contributed by atoms with Crippen LogP contribution in [0, 0.1) is 16.7 Å². The molecule has 1 aliphatic carbocycles. The molecule has 3 unspecified atom stereocenters. The van der Waals surface area contributed by atoms with Gasteiger partial charge >= 0.3 is 5.97 Å². The van der Waals surface area contributed by atoms with Crippen LogP contribution in [-0.4, -0.2) is 11.1 Å². The Balaban J connectivity index is 2.13. The molecule has 1 saturated carbocycles. The number of allylic oxidation sites excluding steroid dienone is 1. The van der Waals surface area contributed by atoms with Crippen molar-refractivity contribution in [3.63, 3.8) is 0 Å². The van der Waals surface area contributed by atoms with Gasteiger partial charge in [-0.15, -0.1) is 0 Å². The number of hydrogen-bond acceptors (Lipinski definition) is 2. The maximum atomic E-state index is 12.5.